The van der Waals surface area contributed by atoms with Crippen LogP contribution >= 0.6 is 22.9 Å². The zero-order chi connectivity index (χ0) is 21.7. The van der Waals surface area contributed by atoms with Gasteiger partial charge in [0.05, 0.1) is 18.8 Å². The molecule has 3 rings (SSSR count). The van der Waals surface area contributed by atoms with Crippen molar-refractivity contribution >= 4 is 39.8 Å². The molecule has 0 spiro atoms. The molecule has 1 aliphatic carbocycles. The Morgan fingerprint density at radius 1 is 1.33 bits per heavy atom. The van der Waals surface area contributed by atoms with Gasteiger partial charge in [-0.1, -0.05) is 18.5 Å². The number of nitrogens with one attached hydrogen (secondary N) is 1. The molecule has 0 saturated heterocycles. The minimum atomic E-state index is -0.346. The average molecular weight is 450 g/mol. The second kappa shape index (κ2) is 10.3. The predicted octanol–water partition coefficient (Wildman–Crippen LogP) is 5.81. The Kier molecular flexibility index (Phi) is 7.78. The van der Waals surface area contributed by atoms with Crippen LogP contribution in [-0.2, 0) is 22.4 Å². The normalized spacial score (nSPS) is 15.4. The lowest BCUT2D eigenvalue weighted by atomic mass is 9.88. The molecular weight excluding hydrogens is 422 g/mol. The van der Waals surface area contributed by atoms with Crippen LogP contribution in [0.1, 0.15) is 59.5 Å². The summed E-state index contributed by atoms with van der Waals surface area (Å²) in [5.74, 6) is 0.887. The van der Waals surface area contributed by atoms with Gasteiger partial charge in [-0.2, -0.15) is 0 Å². The number of aryl methyl sites for hydroxylation is 1. The third kappa shape index (κ3) is 5.55. The molecule has 162 valence electrons. The molecule has 0 fully saturated rings. The largest absolute Gasteiger partial charge is 0.493 e. The maximum Gasteiger partial charge on any atom is 0.341 e. The van der Waals surface area contributed by atoms with E-state index in [9.17, 15) is 9.59 Å². The van der Waals surface area contributed by atoms with E-state index in [2.05, 4.69) is 12.2 Å². The number of rotatable bonds is 8. The first-order chi connectivity index (χ1) is 14.4. The van der Waals surface area contributed by atoms with Gasteiger partial charge in [-0.05, 0) is 74.8 Å². The first-order valence-corrected chi connectivity index (χ1v) is 11.6. The molecule has 0 radical (unpaired) electrons. The van der Waals surface area contributed by atoms with Crippen LogP contribution in [0.4, 0.5) is 5.00 Å². The molecule has 1 aliphatic rings. The molecule has 5 nitrogen and oxygen atoms in total. The maximum atomic E-state index is 12.5. The number of carbonyl (C=O) groups excluding carboxylic acids is 2. The molecule has 0 bridgehead atoms. The van der Waals surface area contributed by atoms with Gasteiger partial charge in [-0.25, -0.2) is 4.79 Å². The molecule has 0 aliphatic heterocycles. The van der Waals surface area contributed by atoms with E-state index in [4.69, 9.17) is 21.1 Å². The molecule has 1 N–H and O–H groups in total. The Bertz CT molecular complexity index is 924. The highest BCUT2D eigenvalue weighted by Gasteiger charge is 2.29. The molecule has 7 heteroatoms. The van der Waals surface area contributed by atoms with Crippen molar-refractivity contribution in [2.24, 2.45) is 5.92 Å². The molecule has 1 aromatic heterocycles. The molecule has 1 aromatic carbocycles. The van der Waals surface area contributed by atoms with E-state index in [1.54, 1.807) is 13.0 Å². The van der Waals surface area contributed by atoms with E-state index >= 15 is 0 Å². The van der Waals surface area contributed by atoms with Gasteiger partial charge in [0.1, 0.15) is 10.8 Å². The van der Waals surface area contributed by atoms with Gasteiger partial charge in [-0.3, -0.25) is 4.79 Å². The summed E-state index contributed by atoms with van der Waals surface area (Å²) in [6.07, 6.45) is 3.73. The summed E-state index contributed by atoms with van der Waals surface area (Å²) in [6.45, 7) is 6.69. The zero-order valence-corrected chi connectivity index (χ0v) is 19.3. The van der Waals surface area contributed by atoms with E-state index in [1.165, 1.54) is 16.2 Å². The Morgan fingerprint density at radius 2 is 2.13 bits per heavy atom. The summed E-state index contributed by atoms with van der Waals surface area (Å²) >= 11 is 7.47. The number of thiophene rings is 1. The van der Waals surface area contributed by atoms with Crippen molar-refractivity contribution in [2.45, 2.75) is 52.9 Å². The average Bonchev–Trinajstić information content (AvgIpc) is 3.03. The van der Waals surface area contributed by atoms with Crippen molar-refractivity contribution in [3.63, 3.8) is 0 Å². The molecule has 0 saturated carbocycles. The van der Waals surface area contributed by atoms with E-state index in [0.717, 1.165) is 36.1 Å². The topological polar surface area (TPSA) is 64.6 Å². The third-order valence-electron chi connectivity index (χ3n) is 5.19. The van der Waals surface area contributed by atoms with Crippen molar-refractivity contribution in [3.8, 4) is 5.75 Å². The third-order valence-corrected chi connectivity index (χ3v) is 6.59. The highest BCUT2D eigenvalue weighted by Crippen LogP contribution is 2.40. The Labute approximate surface area is 186 Å². The van der Waals surface area contributed by atoms with Gasteiger partial charge in [0.25, 0.3) is 0 Å². The molecule has 0 unspecified atom stereocenters. The minimum absolute atomic E-state index is 0.122. The fourth-order valence-corrected chi connectivity index (χ4v) is 5.28. The summed E-state index contributed by atoms with van der Waals surface area (Å²) in [7, 11) is 0. The number of halogens is 1. The van der Waals surface area contributed by atoms with E-state index in [-0.39, 0.29) is 11.9 Å². The second-order valence-corrected chi connectivity index (χ2v) is 9.23. The summed E-state index contributed by atoms with van der Waals surface area (Å²) in [5, 5.41) is 4.23. The lowest BCUT2D eigenvalue weighted by Gasteiger charge is -2.18. The smallest absolute Gasteiger partial charge is 0.341 e. The lowest BCUT2D eigenvalue weighted by Crippen LogP contribution is -2.17. The molecule has 1 heterocycles. The maximum absolute atomic E-state index is 12.5. The highest BCUT2D eigenvalue weighted by molar-refractivity contribution is 7.17. The standard InChI is InChI=1S/C23H28ClNO4S/c1-4-28-23(27)21-17-9-7-14(2)12-19(17)30-22(21)25-20(26)6-5-11-29-18-10-8-16(24)13-15(18)3/h8,10,13-14H,4-7,9,11-12H2,1-3H3,(H,25,26)/t14-/m0/s1. The van der Waals surface area contributed by atoms with Gasteiger partial charge in [-0.15, -0.1) is 11.3 Å². The number of benzene rings is 1. The number of fused-ring (bicyclic) bond motifs is 1. The van der Waals surface area contributed by atoms with Crippen LogP contribution in [0.15, 0.2) is 18.2 Å². The lowest BCUT2D eigenvalue weighted by molar-refractivity contribution is -0.116. The van der Waals surface area contributed by atoms with Crippen molar-refractivity contribution in [3.05, 3.63) is 44.8 Å². The Morgan fingerprint density at radius 3 is 2.87 bits per heavy atom. The molecule has 1 amide bonds. The molecular formula is C23H28ClNO4S. The number of carbonyl (C=O) groups is 2. The second-order valence-electron chi connectivity index (χ2n) is 7.69. The quantitative estimate of drug-likeness (QED) is 0.408. The van der Waals surface area contributed by atoms with Crippen LogP contribution in [-0.4, -0.2) is 25.1 Å². The van der Waals surface area contributed by atoms with Gasteiger partial charge in [0.2, 0.25) is 5.91 Å². The van der Waals surface area contributed by atoms with Crippen LogP contribution in [0.3, 0.4) is 0 Å². The van der Waals surface area contributed by atoms with Crippen LogP contribution in [0.2, 0.25) is 5.02 Å². The van der Waals surface area contributed by atoms with Crippen molar-refractivity contribution in [2.75, 3.05) is 18.5 Å². The summed E-state index contributed by atoms with van der Waals surface area (Å²) in [4.78, 5) is 26.2. The first kappa shape index (κ1) is 22.6. The van der Waals surface area contributed by atoms with Crippen LogP contribution < -0.4 is 10.1 Å². The minimum Gasteiger partial charge on any atom is -0.493 e. The summed E-state index contributed by atoms with van der Waals surface area (Å²) < 4.78 is 11.0. The van der Waals surface area contributed by atoms with Crippen LogP contribution in [0.5, 0.6) is 5.75 Å². The van der Waals surface area contributed by atoms with Crippen molar-refractivity contribution in [1.29, 1.82) is 0 Å². The van der Waals surface area contributed by atoms with Crippen LogP contribution in [0, 0.1) is 12.8 Å². The predicted molar refractivity (Wildman–Crippen MR) is 121 cm³/mol. The van der Waals surface area contributed by atoms with Gasteiger partial charge >= 0.3 is 5.97 Å². The number of hydrogen-bond acceptors (Lipinski definition) is 5. The zero-order valence-electron chi connectivity index (χ0n) is 17.7. The highest BCUT2D eigenvalue weighted by atomic mass is 35.5. The SMILES string of the molecule is CCOC(=O)c1c(NC(=O)CCCOc2ccc(Cl)cc2C)sc2c1CC[C@H](C)C2. The monoisotopic (exact) mass is 449 g/mol. The van der Waals surface area contributed by atoms with E-state index in [1.807, 2.05) is 19.1 Å². The van der Waals surface area contributed by atoms with E-state index in [0.29, 0.717) is 47.6 Å². The Hall–Kier alpha value is -2.05. The Balaban J connectivity index is 1.59. The van der Waals surface area contributed by atoms with Gasteiger partial charge < -0.3 is 14.8 Å². The van der Waals surface area contributed by atoms with Crippen molar-refractivity contribution < 1.29 is 19.1 Å². The summed E-state index contributed by atoms with van der Waals surface area (Å²) in [6, 6.07) is 5.47. The number of anilines is 1. The molecule has 2 aromatic rings. The fraction of sp³-hybridized carbons (Fsp3) is 0.478. The van der Waals surface area contributed by atoms with Gasteiger partial charge in [0.15, 0.2) is 0 Å². The van der Waals surface area contributed by atoms with E-state index < -0.39 is 0 Å². The number of amides is 1. The fourth-order valence-electron chi connectivity index (χ4n) is 3.64. The number of ether oxygens (including phenoxy) is 2. The van der Waals surface area contributed by atoms with Crippen molar-refractivity contribution in [1.82, 2.24) is 0 Å². The first-order valence-electron chi connectivity index (χ1n) is 10.4. The number of esters is 1. The van der Waals surface area contributed by atoms with Crippen LogP contribution in [0.25, 0.3) is 0 Å². The summed E-state index contributed by atoms with van der Waals surface area (Å²) in [5.41, 5.74) is 2.56. The molecule has 1 atom stereocenters. The van der Waals surface area contributed by atoms with Gasteiger partial charge in [0, 0.05) is 16.3 Å². The number of hydrogen-bond donors (Lipinski definition) is 1. The molecule has 30 heavy (non-hydrogen) atoms.